The van der Waals surface area contributed by atoms with Crippen LogP contribution in [0, 0.1) is 17.2 Å². The minimum Gasteiger partial charge on any atom is -0.344 e. The molecule has 4 nitrogen and oxygen atoms in total. The monoisotopic (exact) mass is 237 g/mol. The summed E-state index contributed by atoms with van der Waals surface area (Å²) in [5.74, 6) is 0.0660. The van der Waals surface area contributed by atoms with Crippen molar-refractivity contribution in [1.29, 1.82) is 5.26 Å². The van der Waals surface area contributed by atoms with Crippen LogP contribution in [0.5, 0.6) is 0 Å². The molecule has 2 atom stereocenters. The molecule has 1 heterocycles. The van der Waals surface area contributed by atoms with Crippen molar-refractivity contribution in [3.05, 3.63) is 0 Å². The number of carbonyl (C=O) groups is 1. The van der Waals surface area contributed by atoms with Crippen molar-refractivity contribution in [2.75, 3.05) is 20.1 Å². The summed E-state index contributed by atoms with van der Waals surface area (Å²) in [5, 5.41) is 12.1. The van der Waals surface area contributed by atoms with Gasteiger partial charge in [-0.15, -0.1) is 0 Å². The molecule has 0 bridgehead atoms. The van der Waals surface area contributed by atoms with E-state index in [1.54, 1.807) is 11.9 Å². The molecular weight excluding hydrogens is 214 g/mol. The molecule has 1 amide bonds. The highest BCUT2D eigenvalue weighted by Gasteiger charge is 2.16. The van der Waals surface area contributed by atoms with Crippen LogP contribution in [0.2, 0.25) is 0 Å². The molecule has 1 N–H and O–H groups in total. The van der Waals surface area contributed by atoms with Gasteiger partial charge in [-0.05, 0) is 32.7 Å². The van der Waals surface area contributed by atoms with Crippen molar-refractivity contribution in [2.45, 2.75) is 45.1 Å². The third-order valence-corrected chi connectivity index (χ3v) is 3.31. The Hall–Kier alpha value is -1.08. The van der Waals surface area contributed by atoms with E-state index in [9.17, 15) is 4.79 Å². The first kappa shape index (κ1) is 14.0. The number of rotatable bonds is 5. The minimum atomic E-state index is -0.0863. The molecule has 0 aromatic rings. The maximum atomic E-state index is 11.8. The lowest BCUT2D eigenvalue weighted by molar-refractivity contribution is -0.130. The Kier molecular flexibility index (Phi) is 5.99. The molecule has 1 fully saturated rings. The van der Waals surface area contributed by atoms with E-state index in [1.807, 2.05) is 6.92 Å². The van der Waals surface area contributed by atoms with Crippen LogP contribution in [0.3, 0.4) is 0 Å². The van der Waals surface area contributed by atoms with Crippen LogP contribution in [0.1, 0.15) is 39.0 Å². The van der Waals surface area contributed by atoms with E-state index in [2.05, 4.69) is 11.4 Å². The van der Waals surface area contributed by atoms with Crippen molar-refractivity contribution in [2.24, 2.45) is 5.92 Å². The van der Waals surface area contributed by atoms with Crippen LogP contribution in [-0.2, 0) is 4.79 Å². The summed E-state index contributed by atoms with van der Waals surface area (Å²) < 4.78 is 0. The van der Waals surface area contributed by atoms with Gasteiger partial charge in [0, 0.05) is 26.1 Å². The molecular formula is C13H23N3O. The van der Waals surface area contributed by atoms with Crippen molar-refractivity contribution in [1.82, 2.24) is 10.2 Å². The molecule has 0 radical (unpaired) electrons. The first-order chi connectivity index (χ1) is 8.13. The number of nitrogens with one attached hydrogen (secondary N) is 1. The zero-order chi connectivity index (χ0) is 12.7. The van der Waals surface area contributed by atoms with Crippen LogP contribution in [0.4, 0.5) is 0 Å². The second-order valence-electron chi connectivity index (χ2n) is 4.99. The summed E-state index contributed by atoms with van der Waals surface area (Å²) in [7, 11) is 1.78. The highest BCUT2D eigenvalue weighted by Crippen LogP contribution is 2.12. The number of piperidine rings is 1. The molecule has 1 saturated heterocycles. The quantitative estimate of drug-likeness (QED) is 0.789. The first-order valence-electron chi connectivity index (χ1n) is 6.50. The highest BCUT2D eigenvalue weighted by molar-refractivity contribution is 5.75. The molecule has 2 unspecified atom stereocenters. The van der Waals surface area contributed by atoms with E-state index in [4.69, 9.17) is 5.26 Å². The maximum Gasteiger partial charge on any atom is 0.222 e. The molecule has 0 spiro atoms. The number of nitriles is 1. The summed E-state index contributed by atoms with van der Waals surface area (Å²) in [6.45, 7) is 3.46. The van der Waals surface area contributed by atoms with Crippen LogP contribution < -0.4 is 5.32 Å². The molecule has 1 rings (SSSR count). The van der Waals surface area contributed by atoms with Gasteiger partial charge in [-0.25, -0.2) is 0 Å². The van der Waals surface area contributed by atoms with Crippen LogP contribution >= 0.6 is 0 Å². The van der Waals surface area contributed by atoms with Crippen molar-refractivity contribution < 1.29 is 4.79 Å². The largest absolute Gasteiger partial charge is 0.344 e. The van der Waals surface area contributed by atoms with Crippen LogP contribution in [0.15, 0.2) is 0 Å². The Bertz CT molecular complexity index is 279. The van der Waals surface area contributed by atoms with Gasteiger partial charge < -0.3 is 10.2 Å². The van der Waals surface area contributed by atoms with E-state index in [0.29, 0.717) is 19.0 Å². The third-order valence-electron chi connectivity index (χ3n) is 3.31. The van der Waals surface area contributed by atoms with Gasteiger partial charge in [0.05, 0.1) is 12.0 Å². The number of hydrogen-bond acceptors (Lipinski definition) is 3. The zero-order valence-corrected chi connectivity index (χ0v) is 10.9. The van der Waals surface area contributed by atoms with Gasteiger partial charge in [0.15, 0.2) is 0 Å². The Morgan fingerprint density at radius 3 is 2.94 bits per heavy atom. The van der Waals surface area contributed by atoms with Gasteiger partial charge in [0.25, 0.3) is 0 Å². The van der Waals surface area contributed by atoms with E-state index in [1.165, 1.54) is 19.3 Å². The lowest BCUT2D eigenvalue weighted by Gasteiger charge is -2.24. The maximum absolute atomic E-state index is 11.8. The lowest BCUT2D eigenvalue weighted by Crippen LogP contribution is -2.36. The van der Waals surface area contributed by atoms with Gasteiger partial charge in [-0.2, -0.15) is 5.26 Å². The topological polar surface area (TPSA) is 56.1 Å². The highest BCUT2D eigenvalue weighted by atomic mass is 16.2. The number of nitrogens with zero attached hydrogens (tertiary/aromatic N) is 2. The second kappa shape index (κ2) is 7.29. The van der Waals surface area contributed by atoms with Crippen molar-refractivity contribution in [3.8, 4) is 6.07 Å². The molecule has 0 aromatic heterocycles. The summed E-state index contributed by atoms with van der Waals surface area (Å²) in [6.07, 6.45) is 5.22. The third kappa shape index (κ3) is 5.18. The lowest BCUT2D eigenvalue weighted by atomic mass is 10.0. The van der Waals surface area contributed by atoms with Crippen LogP contribution in [-0.4, -0.2) is 37.0 Å². The smallest absolute Gasteiger partial charge is 0.222 e. The average Bonchev–Trinajstić information content (AvgIpc) is 2.36. The Labute approximate surface area is 104 Å². The van der Waals surface area contributed by atoms with Gasteiger partial charge in [0.1, 0.15) is 0 Å². The molecule has 1 aliphatic rings. The fourth-order valence-electron chi connectivity index (χ4n) is 2.21. The fourth-order valence-corrected chi connectivity index (χ4v) is 2.21. The Balaban J connectivity index is 2.21. The zero-order valence-electron chi connectivity index (χ0n) is 10.9. The fraction of sp³-hybridized carbons (Fsp3) is 0.846. The van der Waals surface area contributed by atoms with Crippen molar-refractivity contribution >= 4 is 5.91 Å². The summed E-state index contributed by atoms with van der Waals surface area (Å²) in [4.78, 5) is 13.5. The molecule has 96 valence electrons. The molecule has 0 aromatic carbocycles. The molecule has 0 aliphatic carbocycles. The average molecular weight is 237 g/mol. The predicted octanol–water partition coefficient (Wildman–Crippen LogP) is 1.53. The first-order valence-corrected chi connectivity index (χ1v) is 6.50. The molecule has 4 heteroatoms. The van der Waals surface area contributed by atoms with E-state index in [0.717, 1.165) is 13.0 Å². The summed E-state index contributed by atoms with van der Waals surface area (Å²) in [5.41, 5.74) is 0. The van der Waals surface area contributed by atoms with Gasteiger partial charge in [0.2, 0.25) is 5.91 Å². The van der Waals surface area contributed by atoms with Gasteiger partial charge in [-0.3, -0.25) is 4.79 Å². The second-order valence-corrected chi connectivity index (χ2v) is 4.99. The van der Waals surface area contributed by atoms with E-state index < -0.39 is 0 Å². The SMILES string of the molecule is CC(C#N)CN(C)C(=O)CCC1CCCCN1. The number of carbonyl (C=O) groups excluding carboxylic acids is 1. The van der Waals surface area contributed by atoms with Crippen molar-refractivity contribution in [3.63, 3.8) is 0 Å². The summed E-state index contributed by atoms with van der Waals surface area (Å²) >= 11 is 0. The van der Waals surface area contributed by atoms with Crippen LogP contribution in [0.25, 0.3) is 0 Å². The molecule has 1 aliphatic heterocycles. The molecule has 0 saturated carbocycles. The summed E-state index contributed by atoms with van der Waals surface area (Å²) in [6, 6.07) is 2.66. The minimum absolute atomic E-state index is 0.0863. The Morgan fingerprint density at radius 1 is 1.59 bits per heavy atom. The number of hydrogen-bond donors (Lipinski definition) is 1. The van der Waals surface area contributed by atoms with Gasteiger partial charge >= 0.3 is 0 Å². The van der Waals surface area contributed by atoms with E-state index in [-0.39, 0.29) is 11.8 Å². The normalized spacial score (nSPS) is 21.6. The van der Waals surface area contributed by atoms with E-state index >= 15 is 0 Å². The predicted molar refractivity (Wildman–Crippen MR) is 67.3 cm³/mol. The van der Waals surface area contributed by atoms with Gasteiger partial charge in [-0.1, -0.05) is 6.42 Å². The standard InChI is InChI=1S/C13H23N3O/c1-11(9-14)10-16(2)13(17)7-6-12-5-3-4-8-15-12/h11-12,15H,3-8,10H2,1-2H3. The Morgan fingerprint density at radius 2 is 2.35 bits per heavy atom. The molecule has 17 heavy (non-hydrogen) atoms. The number of amides is 1.